The molecule has 3 nitrogen and oxygen atoms in total. The fourth-order valence-corrected chi connectivity index (χ4v) is 2.16. The van der Waals surface area contributed by atoms with Crippen LogP contribution in [0.25, 0.3) is 0 Å². The highest BCUT2D eigenvalue weighted by Crippen LogP contribution is 2.28. The lowest BCUT2D eigenvalue weighted by atomic mass is 10.1. The maximum Gasteiger partial charge on any atom is 0.260 e. The van der Waals surface area contributed by atoms with E-state index in [-0.39, 0.29) is 11.4 Å². The van der Waals surface area contributed by atoms with E-state index in [1.807, 2.05) is 6.07 Å². The maximum atomic E-state index is 13.9. The van der Waals surface area contributed by atoms with E-state index in [4.69, 9.17) is 4.42 Å². The van der Waals surface area contributed by atoms with Gasteiger partial charge >= 0.3 is 0 Å². The minimum absolute atomic E-state index is 0.0159. The first kappa shape index (κ1) is 14.1. The van der Waals surface area contributed by atoms with E-state index in [0.717, 1.165) is 5.56 Å². The highest BCUT2D eigenvalue weighted by molar-refractivity contribution is 7.99. The molecule has 0 aliphatic carbocycles. The molecule has 0 saturated heterocycles. The largest absolute Gasteiger partial charge is 0.440 e. The zero-order chi connectivity index (χ0) is 13.9. The van der Waals surface area contributed by atoms with E-state index >= 15 is 0 Å². The fourth-order valence-electron chi connectivity index (χ4n) is 1.46. The van der Waals surface area contributed by atoms with Crippen molar-refractivity contribution >= 4 is 11.8 Å². The van der Waals surface area contributed by atoms with Gasteiger partial charge in [-0.3, -0.25) is 0 Å². The van der Waals surface area contributed by atoms with E-state index in [1.54, 1.807) is 18.3 Å². The van der Waals surface area contributed by atoms with Crippen molar-refractivity contribution in [3.05, 3.63) is 42.0 Å². The van der Waals surface area contributed by atoms with E-state index in [1.165, 1.54) is 18.0 Å². The Morgan fingerprint density at radius 1 is 1.37 bits per heavy atom. The van der Waals surface area contributed by atoms with Crippen LogP contribution in [0.15, 0.2) is 45.2 Å². The second-order valence-corrected chi connectivity index (χ2v) is 6.26. The SMILES string of the molecule is CC(C)(C)NCc1ccc(Sc2ncco2)c(F)c1. The summed E-state index contributed by atoms with van der Waals surface area (Å²) in [6, 6.07) is 5.21. The lowest BCUT2D eigenvalue weighted by Crippen LogP contribution is -2.35. The van der Waals surface area contributed by atoms with E-state index in [9.17, 15) is 4.39 Å². The second-order valence-electron chi connectivity index (χ2n) is 5.27. The van der Waals surface area contributed by atoms with Crippen LogP contribution in [0.5, 0.6) is 0 Å². The second kappa shape index (κ2) is 5.75. The number of aromatic nitrogens is 1. The van der Waals surface area contributed by atoms with Gasteiger partial charge < -0.3 is 9.73 Å². The average Bonchev–Trinajstić information content (AvgIpc) is 2.81. The molecule has 1 aromatic heterocycles. The lowest BCUT2D eigenvalue weighted by molar-refractivity contribution is 0.423. The molecular formula is C14H17FN2OS. The Hall–Kier alpha value is -1.33. The first-order chi connectivity index (χ1) is 8.94. The van der Waals surface area contributed by atoms with Crippen LogP contribution in [0, 0.1) is 5.82 Å². The van der Waals surface area contributed by atoms with Crippen LogP contribution in [0.2, 0.25) is 0 Å². The minimum Gasteiger partial charge on any atom is -0.440 e. The van der Waals surface area contributed by atoms with Crippen molar-refractivity contribution in [2.24, 2.45) is 0 Å². The van der Waals surface area contributed by atoms with Crippen molar-refractivity contribution in [2.75, 3.05) is 0 Å². The Labute approximate surface area is 116 Å². The van der Waals surface area contributed by atoms with E-state index in [0.29, 0.717) is 16.7 Å². The van der Waals surface area contributed by atoms with E-state index < -0.39 is 0 Å². The summed E-state index contributed by atoms with van der Waals surface area (Å²) in [5.41, 5.74) is 0.936. The number of hydrogen-bond acceptors (Lipinski definition) is 4. The van der Waals surface area contributed by atoms with Crippen LogP contribution in [-0.4, -0.2) is 10.5 Å². The van der Waals surface area contributed by atoms with Gasteiger partial charge in [0, 0.05) is 12.1 Å². The summed E-state index contributed by atoms with van der Waals surface area (Å²) in [5.74, 6) is -0.253. The molecule has 0 unspecified atom stereocenters. The van der Waals surface area contributed by atoms with Crippen molar-refractivity contribution in [3.8, 4) is 0 Å². The third kappa shape index (κ3) is 4.36. The van der Waals surface area contributed by atoms with Gasteiger partial charge in [-0.15, -0.1) is 0 Å². The Balaban J connectivity index is 2.05. The van der Waals surface area contributed by atoms with Crippen molar-refractivity contribution in [2.45, 2.75) is 43.0 Å². The molecule has 0 amide bonds. The van der Waals surface area contributed by atoms with Gasteiger partial charge in [0.15, 0.2) is 0 Å². The summed E-state index contributed by atoms with van der Waals surface area (Å²) in [6.45, 7) is 6.88. The van der Waals surface area contributed by atoms with Crippen LogP contribution in [0.1, 0.15) is 26.3 Å². The standard InChI is InChI=1S/C14H17FN2OS/c1-14(2,3)17-9-10-4-5-12(11(15)8-10)19-13-16-6-7-18-13/h4-8,17H,9H2,1-3H3. The van der Waals surface area contributed by atoms with Crippen LogP contribution in [-0.2, 0) is 6.54 Å². The summed E-state index contributed by atoms with van der Waals surface area (Å²) in [5, 5.41) is 3.77. The van der Waals surface area contributed by atoms with Crippen LogP contribution < -0.4 is 5.32 Å². The molecule has 2 aromatic rings. The molecule has 5 heteroatoms. The monoisotopic (exact) mass is 280 g/mol. The average molecular weight is 280 g/mol. The molecule has 0 saturated carbocycles. The topological polar surface area (TPSA) is 38.1 Å². The summed E-state index contributed by atoms with van der Waals surface area (Å²) in [4.78, 5) is 4.48. The summed E-state index contributed by atoms with van der Waals surface area (Å²) in [7, 11) is 0. The molecule has 1 N–H and O–H groups in total. The van der Waals surface area contributed by atoms with Crippen molar-refractivity contribution in [3.63, 3.8) is 0 Å². The van der Waals surface area contributed by atoms with Gasteiger partial charge in [0.1, 0.15) is 12.1 Å². The molecule has 0 aliphatic heterocycles. The molecule has 19 heavy (non-hydrogen) atoms. The zero-order valence-electron chi connectivity index (χ0n) is 11.2. The fraction of sp³-hybridized carbons (Fsp3) is 0.357. The third-order valence-electron chi connectivity index (χ3n) is 2.43. The molecule has 1 heterocycles. The molecule has 102 valence electrons. The third-order valence-corrected chi connectivity index (χ3v) is 3.35. The molecule has 0 aliphatic rings. The Morgan fingerprint density at radius 2 is 2.16 bits per heavy atom. The Morgan fingerprint density at radius 3 is 2.74 bits per heavy atom. The quantitative estimate of drug-likeness (QED) is 0.923. The maximum absolute atomic E-state index is 13.9. The van der Waals surface area contributed by atoms with Crippen LogP contribution in [0.4, 0.5) is 4.39 Å². The molecule has 0 spiro atoms. The molecule has 0 atom stereocenters. The molecule has 0 bridgehead atoms. The summed E-state index contributed by atoms with van der Waals surface area (Å²) in [6.07, 6.45) is 3.02. The van der Waals surface area contributed by atoms with Gasteiger partial charge in [0.2, 0.25) is 0 Å². The first-order valence-corrected chi connectivity index (χ1v) is 6.86. The zero-order valence-corrected chi connectivity index (χ0v) is 12.1. The Kier molecular flexibility index (Phi) is 4.27. The highest BCUT2D eigenvalue weighted by Gasteiger charge is 2.11. The van der Waals surface area contributed by atoms with Crippen molar-refractivity contribution < 1.29 is 8.81 Å². The normalized spacial score (nSPS) is 11.8. The van der Waals surface area contributed by atoms with Gasteiger partial charge in [-0.25, -0.2) is 9.37 Å². The van der Waals surface area contributed by atoms with Gasteiger partial charge in [-0.1, -0.05) is 6.07 Å². The van der Waals surface area contributed by atoms with Crippen LogP contribution in [0.3, 0.4) is 0 Å². The highest BCUT2D eigenvalue weighted by atomic mass is 32.2. The number of nitrogens with zero attached hydrogens (tertiary/aromatic N) is 1. The Bertz CT molecular complexity index is 535. The number of benzene rings is 1. The number of hydrogen-bond donors (Lipinski definition) is 1. The predicted molar refractivity (Wildman–Crippen MR) is 73.6 cm³/mol. The number of oxazole rings is 1. The van der Waals surface area contributed by atoms with Crippen molar-refractivity contribution in [1.29, 1.82) is 0 Å². The smallest absolute Gasteiger partial charge is 0.260 e. The van der Waals surface area contributed by atoms with E-state index in [2.05, 4.69) is 31.1 Å². The molecular weight excluding hydrogens is 263 g/mol. The minimum atomic E-state index is -0.253. The number of rotatable bonds is 4. The number of halogens is 1. The van der Waals surface area contributed by atoms with Gasteiger partial charge in [-0.2, -0.15) is 0 Å². The first-order valence-electron chi connectivity index (χ1n) is 6.05. The van der Waals surface area contributed by atoms with Gasteiger partial charge in [0.25, 0.3) is 5.22 Å². The predicted octanol–water partition coefficient (Wildman–Crippen LogP) is 3.85. The van der Waals surface area contributed by atoms with Crippen LogP contribution >= 0.6 is 11.8 Å². The number of nitrogens with one attached hydrogen (secondary N) is 1. The molecule has 0 radical (unpaired) electrons. The lowest BCUT2D eigenvalue weighted by Gasteiger charge is -2.20. The van der Waals surface area contributed by atoms with Crippen molar-refractivity contribution in [1.82, 2.24) is 10.3 Å². The molecule has 0 fully saturated rings. The molecule has 2 rings (SSSR count). The summed E-state index contributed by atoms with van der Waals surface area (Å²) < 4.78 is 19.0. The van der Waals surface area contributed by atoms with Gasteiger partial charge in [-0.05, 0) is 50.2 Å². The summed E-state index contributed by atoms with van der Waals surface area (Å²) >= 11 is 1.18. The molecule has 1 aromatic carbocycles. The van der Waals surface area contributed by atoms with Gasteiger partial charge in [0.05, 0.1) is 11.1 Å².